The third-order valence-corrected chi connectivity index (χ3v) is 4.83. The van der Waals surface area contributed by atoms with Crippen LogP contribution in [0.4, 0.5) is 0 Å². The summed E-state index contributed by atoms with van der Waals surface area (Å²) in [4.78, 5) is 26.6. The van der Waals surface area contributed by atoms with Crippen molar-refractivity contribution in [3.63, 3.8) is 0 Å². The second-order valence-corrected chi connectivity index (χ2v) is 6.35. The maximum atomic E-state index is 13.0. The third-order valence-electron chi connectivity index (χ3n) is 4.83. The highest BCUT2D eigenvalue weighted by Gasteiger charge is 2.35. The number of ether oxygens (including phenoxy) is 1. The maximum Gasteiger partial charge on any atom is 0.328 e. The lowest BCUT2D eigenvalue weighted by Crippen LogP contribution is -2.41. The summed E-state index contributed by atoms with van der Waals surface area (Å²) in [5, 5.41) is 0. The van der Waals surface area contributed by atoms with Crippen molar-refractivity contribution < 1.29 is 14.3 Å². The highest BCUT2D eigenvalue weighted by Crippen LogP contribution is 2.30. The topological polar surface area (TPSA) is 46.6 Å². The van der Waals surface area contributed by atoms with Gasteiger partial charge in [0.05, 0.1) is 7.11 Å². The highest BCUT2D eigenvalue weighted by atomic mass is 16.5. The van der Waals surface area contributed by atoms with Crippen molar-refractivity contribution in [2.75, 3.05) is 13.7 Å². The predicted molar refractivity (Wildman–Crippen MR) is 96.1 cm³/mol. The number of hydrogen-bond donors (Lipinski definition) is 0. The predicted octanol–water partition coefficient (Wildman–Crippen LogP) is 3.37. The molecule has 0 aliphatic carbocycles. The van der Waals surface area contributed by atoms with Crippen molar-refractivity contribution in [1.82, 2.24) is 4.90 Å². The lowest BCUT2D eigenvalue weighted by molar-refractivity contribution is -0.151. The molecule has 1 amide bonds. The van der Waals surface area contributed by atoms with Crippen LogP contribution in [0.1, 0.15) is 36.3 Å². The molecule has 1 aliphatic rings. The molecule has 1 saturated heterocycles. The van der Waals surface area contributed by atoms with E-state index in [1.807, 2.05) is 60.7 Å². The van der Waals surface area contributed by atoms with E-state index >= 15 is 0 Å². The van der Waals surface area contributed by atoms with Gasteiger partial charge in [-0.25, -0.2) is 4.79 Å². The molecule has 2 aromatic rings. The molecule has 1 atom stereocenters. The normalized spacial score (nSPS) is 16.9. The maximum absolute atomic E-state index is 13.0. The van der Waals surface area contributed by atoms with Gasteiger partial charge in [0.1, 0.15) is 6.04 Å². The molecule has 4 nitrogen and oxygen atoms in total. The number of likely N-dealkylation sites (tertiary alicyclic amines) is 1. The SMILES string of the molecule is COC(=O)C1CCCN1C(=O)CC(c1ccccc1)c1ccccc1. The fraction of sp³-hybridized carbons (Fsp3) is 0.333. The lowest BCUT2D eigenvalue weighted by Gasteiger charge is -2.25. The Morgan fingerprint density at radius 3 is 2.12 bits per heavy atom. The van der Waals surface area contributed by atoms with Gasteiger partial charge in [-0.2, -0.15) is 0 Å². The Kier molecular flexibility index (Phi) is 5.49. The molecule has 0 spiro atoms. The van der Waals surface area contributed by atoms with Gasteiger partial charge in [0.15, 0.2) is 0 Å². The average molecular weight is 337 g/mol. The smallest absolute Gasteiger partial charge is 0.328 e. The summed E-state index contributed by atoms with van der Waals surface area (Å²) in [6.45, 7) is 0.620. The molecule has 1 unspecified atom stereocenters. The zero-order chi connectivity index (χ0) is 17.6. The number of methoxy groups -OCH3 is 1. The van der Waals surface area contributed by atoms with E-state index in [1.54, 1.807) is 4.90 Å². The second-order valence-electron chi connectivity index (χ2n) is 6.35. The minimum atomic E-state index is -0.440. The molecule has 130 valence electrons. The molecule has 0 radical (unpaired) electrons. The second kappa shape index (κ2) is 7.97. The molecule has 1 fully saturated rings. The van der Waals surface area contributed by atoms with Crippen LogP contribution in [-0.4, -0.2) is 36.5 Å². The van der Waals surface area contributed by atoms with E-state index in [2.05, 4.69) is 0 Å². The van der Waals surface area contributed by atoms with Gasteiger partial charge in [0.2, 0.25) is 5.91 Å². The number of benzene rings is 2. The first-order valence-corrected chi connectivity index (χ1v) is 8.68. The largest absolute Gasteiger partial charge is 0.467 e. The Morgan fingerprint density at radius 2 is 1.60 bits per heavy atom. The van der Waals surface area contributed by atoms with Gasteiger partial charge in [-0.15, -0.1) is 0 Å². The van der Waals surface area contributed by atoms with Gasteiger partial charge >= 0.3 is 5.97 Å². The summed E-state index contributed by atoms with van der Waals surface area (Å²) in [7, 11) is 1.38. The quantitative estimate of drug-likeness (QED) is 0.786. The molecular formula is C21H23NO3. The third kappa shape index (κ3) is 3.90. The molecule has 2 aromatic carbocycles. The first kappa shape index (κ1) is 17.2. The van der Waals surface area contributed by atoms with Gasteiger partial charge in [-0.05, 0) is 24.0 Å². The Morgan fingerprint density at radius 1 is 1.04 bits per heavy atom. The first-order valence-electron chi connectivity index (χ1n) is 8.68. The zero-order valence-electron chi connectivity index (χ0n) is 14.4. The molecule has 0 saturated carbocycles. The van der Waals surface area contributed by atoms with E-state index in [1.165, 1.54) is 7.11 Å². The number of rotatable bonds is 5. The van der Waals surface area contributed by atoms with Crippen molar-refractivity contribution in [2.45, 2.75) is 31.2 Å². The number of carbonyl (C=O) groups is 2. The van der Waals surface area contributed by atoms with E-state index in [0.29, 0.717) is 19.4 Å². The van der Waals surface area contributed by atoms with Crippen molar-refractivity contribution in [3.8, 4) is 0 Å². The van der Waals surface area contributed by atoms with Crippen LogP contribution < -0.4 is 0 Å². The van der Waals surface area contributed by atoms with Crippen LogP contribution in [0.25, 0.3) is 0 Å². The van der Waals surface area contributed by atoms with Crippen molar-refractivity contribution in [1.29, 1.82) is 0 Å². The number of amides is 1. The Bertz CT molecular complexity index is 675. The van der Waals surface area contributed by atoms with Crippen LogP contribution >= 0.6 is 0 Å². The minimum Gasteiger partial charge on any atom is -0.467 e. The van der Waals surface area contributed by atoms with E-state index in [0.717, 1.165) is 17.5 Å². The summed E-state index contributed by atoms with van der Waals surface area (Å²) < 4.78 is 4.86. The Labute approximate surface area is 148 Å². The summed E-state index contributed by atoms with van der Waals surface area (Å²) >= 11 is 0. The van der Waals surface area contributed by atoms with Gasteiger partial charge in [0, 0.05) is 18.9 Å². The Balaban J connectivity index is 1.83. The van der Waals surface area contributed by atoms with Crippen LogP contribution in [0.3, 0.4) is 0 Å². The molecule has 0 aromatic heterocycles. The van der Waals surface area contributed by atoms with E-state index in [4.69, 9.17) is 4.74 Å². The van der Waals surface area contributed by atoms with Crippen LogP contribution in [-0.2, 0) is 14.3 Å². The number of hydrogen-bond acceptors (Lipinski definition) is 3. The van der Waals surface area contributed by atoms with Crippen LogP contribution in [0.2, 0.25) is 0 Å². The van der Waals surface area contributed by atoms with Crippen molar-refractivity contribution in [3.05, 3.63) is 71.8 Å². The van der Waals surface area contributed by atoms with E-state index in [9.17, 15) is 9.59 Å². The van der Waals surface area contributed by atoms with Gasteiger partial charge in [-0.1, -0.05) is 60.7 Å². The molecule has 1 aliphatic heterocycles. The summed E-state index contributed by atoms with van der Waals surface area (Å²) in [6, 6.07) is 19.7. The summed E-state index contributed by atoms with van der Waals surface area (Å²) in [6.07, 6.45) is 1.87. The van der Waals surface area contributed by atoms with Gasteiger partial charge in [0.25, 0.3) is 0 Å². The van der Waals surface area contributed by atoms with Crippen molar-refractivity contribution >= 4 is 11.9 Å². The van der Waals surface area contributed by atoms with Crippen LogP contribution in [0.5, 0.6) is 0 Å². The molecule has 0 N–H and O–H groups in total. The Hall–Kier alpha value is -2.62. The summed E-state index contributed by atoms with van der Waals surface area (Å²) in [5.41, 5.74) is 2.21. The molecule has 0 bridgehead atoms. The van der Waals surface area contributed by atoms with Gasteiger partial charge in [-0.3, -0.25) is 4.79 Å². The van der Waals surface area contributed by atoms with Crippen LogP contribution in [0.15, 0.2) is 60.7 Å². The van der Waals surface area contributed by atoms with E-state index < -0.39 is 6.04 Å². The standard InChI is InChI=1S/C21H23NO3/c1-25-21(24)19-13-8-14-22(19)20(23)15-18(16-9-4-2-5-10-16)17-11-6-3-7-12-17/h2-7,9-12,18-19H,8,13-15H2,1H3. The van der Waals surface area contributed by atoms with E-state index in [-0.39, 0.29) is 17.8 Å². The monoisotopic (exact) mass is 337 g/mol. The molecule has 25 heavy (non-hydrogen) atoms. The lowest BCUT2D eigenvalue weighted by atomic mass is 9.88. The highest BCUT2D eigenvalue weighted by molar-refractivity contribution is 5.85. The zero-order valence-corrected chi connectivity index (χ0v) is 14.4. The number of esters is 1. The fourth-order valence-electron chi connectivity index (χ4n) is 3.54. The fourth-order valence-corrected chi connectivity index (χ4v) is 3.54. The van der Waals surface area contributed by atoms with Crippen molar-refractivity contribution in [2.24, 2.45) is 0 Å². The number of nitrogens with zero attached hydrogens (tertiary/aromatic N) is 1. The summed E-state index contributed by atoms with van der Waals surface area (Å²) in [5.74, 6) is -0.332. The molecular weight excluding hydrogens is 314 g/mol. The first-order chi connectivity index (χ1) is 12.2. The number of carbonyl (C=O) groups excluding carboxylic acids is 2. The molecule has 4 heteroatoms. The van der Waals surface area contributed by atoms with Crippen LogP contribution in [0, 0.1) is 0 Å². The average Bonchev–Trinajstić information content (AvgIpc) is 3.16. The minimum absolute atomic E-state index is 0.00519. The van der Waals surface area contributed by atoms with Gasteiger partial charge < -0.3 is 9.64 Å². The molecule has 1 heterocycles. The molecule has 3 rings (SSSR count).